The highest BCUT2D eigenvalue weighted by Crippen LogP contribution is 2.31. The SMILES string of the molecule is Cc1cc(NC(=O)c2ccc(NC(=O)c3ccc(N)cc3)cc2)ccc1N=Nc1ccc2c(c1)C=C(S(=O)(=O)O)C(=NNc1ccc(S(=O)(=O)O)cc1C)C2=O. The van der Waals surface area contributed by atoms with Crippen LogP contribution in [0.4, 0.5) is 34.1 Å². The van der Waals surface area contributed by atoms with Gasteiger partial charge >= 0.3 is 0 Å². The number of azo groups is 1. The van der Waals surface area contributed by atoms with Gasteiger partial charge in [-0.3, -0.25) is 28.9 Å². The van der Waals surface area contributed by atoms with Gasteiger partial charge in [0, 0.05) is 33.8 Å². The van der Waals surface area contributed by atoms with Gasteiger partial charge in [0.1, 0.15) is 4.91 Å². The van der Waals surface area contributed by atoms with Crippen molar-refractivity contribution in [1.29, 1.82) is 0 Å². The molecule has 5 aromatic carbocycles. The molecular formula is C38H31N7O9S2. The van der Waals surface area contributed by atoms with Crippen molar-refractivity contribution >= 4 is 83.7 Å². The lowest BCUT2D eigenvalue weighted by Gasteiger charge is -2.17. The fourth-order valence-electron chi connectivity index (χ4n) is 5.43. The number of anilines is 4. The van der Waals surface area contributed by atoms with Crippen LogP contribution >= 0.6 is 0 Å². The number of nitrogen functional groups attached to an aromatic ring is 1. The highest BCUT2D eigenvalue weighted by molar-refractivity contribution is 7.91. The van der Waals surface area contributed by atoms with Crippen molar-refractivity contribution < 1.29 is 40.3 Å². The van der Waals surface area contributed by atoms with Gasteiger partial charge in [-0.15, -0.1) is 0 Å². The molecule has 0 fully saturated rings. The van der Waals surface area contributed by atoms with Crippen molar-refractivity contribution in [3.8, 4) is 0 Å². The number of aryl methyl sites for hydroxylation is 2. The zero-order valence-electron chi connectivity index (χ0n) is 29.4. The van der Waals surface area contributed by atoms with E-state index in [1.54, 1.807) is 73.7 Å². The molecule has 18 heteroatoms. The van der Waals surface area contributed by atoms with Gasteiger partial charge < -0.3 is 16.4 Å². The molecule has 1 aliphatic carbocycles. The standard InChI is InChI=1S/C38H31N7O9S2/c1-21-17-28(41-38(48)24-5-9-27(10-6-24)40-37(47)23-3-7-26(39)8-4-23)12-15-32(21)43-42-29-11-14-31-25(19-29)20-34(56(52,53)54)35(36(31)46)45-44-33-16-13-30(18-22(33)2)55(49,50)51/h3-20,44H,39H2,1-2H3,(H,40,47)(H,41,48)(H,49,50,51)(H,52,53,54). The van der Waals surface area contributed by atoms with Crippen molar-refractivity contribution in [2.45, 2.75) is 18.7 Å². The normalized spacial score (nSPS) is 13.6. The molecule has 16 nitrogen and oxygen atoms in total. The molecule has 0 spiro atoms. The summed E-state index contributed by atoms with van der Waals surface area (Å²) in [5.74, 6) is -1.54. The Hall–Kier alpha value is -6.86. The molecule has 0 unspecified atom stereocenters. The number of ketones is 1. The Balaban J connectivity index is 1.14. The van der Waals surface area contributed by atoms with Gasteiger partial charge in [-0.25, -0.2) is 0 Å². The minimum atomic E-state index is -4.96. The van der Waals surface area contributed by atoms with Crippen LogP contribution in [0.25, 0.3) is 6.08 Å². The van der Waals surface area contributed by atoms with Gasteiger partial charge in [-0.05, 0) is 140 Å². The van der Waals surface area contributed by atoms with Gasteiger partial charge in [0.25, 0.3) is 32.1 Å². The van der Waals surface area contributed by atoms with Crippen LogP contribution < -0.4 is 21.8 Å². The van der Waals surface area contributed by atoms with Crippen molar-refractivity contribution in [2.24, 2.45) is 15.3 Å². The Kier molecular flexibility index (Phi) is 10.7. The molecule has 5 aromatic rings. The van der Waals surface area contributed by atoms with E-state index in [0.717, 1.165) is 18.2 Å². The summed E-state index contributed by atoms with van der Waals surface area (Å²) in [5.41, 5.74) is 11.9. The number of carbonyl (C=O) groups is 3. The minimum Gasteiger partial charge on any atom is -0.399 e. The lowest BCUT2D eigenvalue weighted by molar-refractivity contribution is 0.102. The lowest BCUT2D eigenvalue weighted by Crippen LogP contribution is -2.27. The molecule has 7 N–H and O–H groups in total. The molecule has 0 saturated carbocycles. The fraction of sp³-hybridized carbons (Fsp3) is 0.0526. The number of hydrogen-bond donors (Lipinski definition) is 6. The van der Waals surface area contributed by atoms with Crippen molar-refractivity contribution in [2.75, 3.05) is 21.8 Å². The maximum Gasteiger partial charge on any atom is 0.296 e. The molecule has 0 bridgehead atoms. The molecule has 0 aromatic heterocycles. The van der Waals surface area contributed by atoms with Crippen LogP contribution in [0.5, 0.6) is 0 Å². The van der Waals surface area contributed by atoms with Gasteiger partial charge in [-0.1, -0.05) is 0 Å². The minimum absolute atomic E-state index is 0.0594. The number of benzene rings is 5. The average molecular weight is 794 g/mol. The quantitative estimate of drug-likeness (QED) is 0.0365. The van der Waals surface area contributed by atoms with Crippen molar-refractivity contribution in [1.82, 2.24) is 0 Å². The molecule has 0 radical (unpaired) electrons. The molecule has 2 amide bonds. The average Bonchev–Trinajstić information content (AvgIpc) is 3.14. The number of carbonyl (C=O) groups excluding carboxylic acids is 3. The first-order valence-corrected chi connectivity index (χ1v) is 19.2. The van der Waals surface area contributed by atoms with E-state index in [2.05, 4.69) is 31.4 Å². The van der Waals surface area contributed by atoms with Crippen LogP contribution in [-0.2, 0) is 20.2 Å². The summed E-state index contributed by atoms with van der Waals surface area (Å²) in [4.78, 5) is 37.7. The molecular weight excluding hydrogens is 763 g/mol. The summed E-state index contributed by atoms with van der Waals surface area (Å²) in [6.45, 7) is 3.25. The highest BCUT2D eigenvalue weighted by atomic mass is 32.2. The fourth-order valence-corrected chi connectivity index (χ4v) is 6.66. The Morgan fingerprint density at radius 3 is 1.91 bits per heavy atom. The molecule has 0 saturated heterocycles. The summed E-state index contributed by atoms with van der Waals surface area (Å²) >= 11 is 0. The number of amides is 2. The van der Waals surface area contributed by atoms with Crippen molar-refractivity contribution in [3.63, 3.8) is 0 Å². The van der Waals surface area contributed by atoms with E-state index < -0.39 is 36.6 Å². The van der Waals surface area contributed by atoms with Crippen LogP contribution in [0.15, 0.2) is 128 Å². The molecule has 0 heterocycles. The highest BCUT2D eigenvalue weighted by Gasteiger charge is 2.33. The molecule has 284 valence electrons. The predicted octanol–water partition coefficient (Wildman–Crippen LogP) is 6.95. The zero-order valence-corrected chi connectivity index (χ0v) is 31.0. The topological polar surface area (TPSA) is 259 Å². The van der Waals surface area contributed by atoms with Gasteiger partial charge in [0.15, 0.2) is 5.71 Å². The maximum absolute atomic E-state index is 13.4. The second-order valence-corrected chi connectivity index (χ2v) is 15.2. The Labute approximate surface area is 320 Å². The molecule has 6 rings (SSSR count). The molecule has 0 aliphatic heterocycles. The molecule has 1 aliphatic rings. The third-order valence-electron chi connectivity index (χ3n) is 8.38. The summed E-state index contributed by atoms with van der Waals surface area (Å²) in [7, 11) is -9.43. The molecule has 0 atom stereocenters. The van der Waals surface area contributed by atoms with E-state index in [1.165, 1.54) is 31.2 Å². The van der Waals surface area contributed by atoms with E-state index in [0.29, 0.717) is 45.0 Å². The number of nitrogens with two attached hydrogens (primary N) is 1. The summed E-state index contributed by atoms with van der Waals surface area (Å²) in [5, 5.41) is 18.0. The first-order chi connectivity index (χ1) is 26.5. The van der Waals surface area contributed by atoms with E-state index in [9.17, 15) is 40.3 Å². The second-order valence-electron chi connectivity index (χ2n) is 12.4. The van der Waals surface area contributed by atoms with Crippen molar-refractivity contribution in [3.05, 3.63) is 141 Å². The zero-order chi connectivity index (χ0) is 40.4. The number of Topliss-reactive ketones (excluding diaryl/α,β-unsaturated/α-hetero) is 1. The number of allylic oxidation sites excluding steroid dienone is 1. The first kappa shape index (κ1) is 38.9. The number of rotatable bonds is 10. The monoisotopic (exact) mass is 793 g/mol. The van der Waals surface area contributed by atoms with Crippen LogP contribution in [0, 0.1) is 13.8 Å². The largest absolute Gasteiger partial charge is 0.399 e. The predicted molar refractivity (Wildman–Crippen MR) is 211 cm³/mol. The van der Waals surface area contributed by atoms with Crippen LogP contribution in [0.2, 0.25) is 0 Å². The number of fused-ring (bicyclic) bond motifs is 1. The Bertz CT molecular complexity index is 2750. The molecule has 56 heavy (non-hydrogen) atoms. The number of nitrogens with zero attached hydrogens (tertiary/aromatic N) is 3. The summed E-state index contributed by atoms with van der Waals surface area (Å²) in [6.07, 6.45) is 1.06. The smallest absolute Gasteiger partial charge is 0.296 e. The lowest BCUT2D eigenvalue weighted by atomic mass is 9.94. The first-order valence-electron chi connectivity index (χ1n) is 16.4. The van der Waals surface area contributed by atoms with Gasteiger partial charge in [-0.2, -0.15) is 32.2 Å². The van der Waals surface area contributed by atoms with E-state index in [-0.39, 0.29) is 39.2 Å². The van der Waals surface area contributed by atoms with E-state index in [4.69, 9.17) is 5.73 Å². The Morgan fingerprint density at radius 1 is 0.679 bits per heavy atom. The van der Waals surface area contributed by atoms with Gasteiger partial charge in [0.05, 0.1) is 22.0 Å². The third kappa shape index (κ3) is 8.91. The summed E-state index contributed by atoms with van der Waals surface area (Å²) < 4.78 is 66.8. The maximum atomic E-state index is 13.4. The Morgan fingerprint density at radius 2 is 1.30 bits per heavy atom. The number of hydrogen-bond acceptors (Lipinski definition) is 12. The van der Waals surface area contributed by atoms with Crippen LogP contribution in [0.1, 0.15) is 47.8 Å². The van der Waals surface area contributed by atoms with Crippen LogP contribution in [-0.4, -0.2) is 49.3 Å². The summed E-state index contributed by atoms with van der Waals surface area (Å²) in [6, 6.07) is 25.6. The number of hydrazone groups is 1. The van der Waals surface area contributed by atoms with E-state index in [1.807, 2.05) is 0 Å². The second kappa shape index (κ2) is 15.5. The number of nitrogens with one attached hydrogen (secondary N) is 3. The van der Waals surface area contributed by atoms with Gasteiger partial charge in [0.2, 0.25) is 5.78 Å². The van der Waals surface area contributed by atoms with E-state index >= 15 is 0 Å². The third-order valence-corrected chi connectivity index (χ3v) is 10.1. The van der Waals surface area contributed by atoms with Crippen LogP contribution in [0.3, 0.4) is 0 Å².